The van der Waals surface area contributed by atoms with E-state index in [1.54, 1.807) is 0 Å². The highest BCUT2D eigenvalue weighted by atomic mass is 79.9. The summed E-state index contributed by atoms with van der Waals surface area (Å²) in [5.74, 6) is -0.205. The number of alkyl halides is 3. The molecule has 96 valence electrons. The molecule has 17 heavy (non-hydrogen) atoms. The zero-order valence-corrected chi connectivity index (χ0v) is 10.2. The molecule has 0 aliphatic heterocycles. The molecule has 1 rings (SSSR count). The van der Waals surface area contributed by atoms with Crippen molar-refractivity contribution >= 4 is 15.9 Å². The minimum absolute atomic E-state index is 0.0337. The first-order valence-corrected chi connectivity index (χ1v) is 5.52. The molecule has 0 amide bonds. The molecular formula is C10H10BrF4NO. The Morgan fingerprint density at radius 1 is 1.24 bits per heavy atom. The number of nitrogens with one attached hydrogen (secondary N) is 1. The quantitative estimate of drug-likeness (QED) is 0.666. The second-order valence-corrected chi connectivity index (χ2v) is 4.16. The van der Waals surface area contributed by atoms with Gasteiger partial charge in [-0.1, -0.05) is 15.9 Å². The molecule has 1 aromatic rings. The first kappa shape index (κ1) is 14.2. The average Bonchev–Trinajstić information content (AvgIpc) is 2.13. The lowest BCUT2D eigenvalue weighted by atomic mass is 10.3. The monoisotopic (exact) mass is 315 g/mol. The number of hydrogen-bond donors (Lipinski definition) is 1. The predicted octanol–water partition coefficient (Wildman–Crippen LogP) is 3.12. The molecule has 0 atom stereocenters. The minimum atomic E-state index is -4.23. The first-order chi connectivity index (χ1) is 7.87. The van der Waals surface area contributed by atoms with Crippen molar-refractivity contribution in [1.82, 2.24) is 5.32 Å². The molecule has 0 fully saturated rings. The molecule has 0 bridgehead atoms. The molecule has 0 heterocycles. The van der Waals surface area contributed by atoms with Crippen LogP contribution in [0.3, 0.4) is 0 Å². The molecule has 0 spiro atoms. The molecule has 0 saturated carbocycles. The van der Waals surface area contributed by atoms with Crippen LogP contribution in [0.4, 0.5) is 17.6 Å². The van der Waals surface area contributed by atoms with E-state index in [2.05, 4.69) is 21.2 Å². The summed E-state index contributed by atoms with van der Waals surface area (Å²) < 4.78 is 53.7. The highest BCUT2D eigenvalue weighted by Gasteiger charge is 2.25. The summed E-state index contributed by atoms with van der Waals surface area (Å²) in [6, 6.07) is 3.95. The zero-order valence-electron chi connectivity index (χ0n) is 8.65. The standard InChI is InChI=1S/C10H10BrF4NO/c11-7-3-8(12)5-9(4-7)17-2-1-16-6-10(13,14)15/h3-5,16H,1-2,6H2. The lowest BCUT2D eigenvalue weighted by Crippen LogP contribution is -2.31. The Bertz CT molecular complexity index is 350. The van der Waals surface area contributed by atoms with E-state index in [-0.39, 0.29) is 18.9 Å². The number of rotatable bonds is 5. The molecule has 2 nitrogen and oxygen atoms in total. The van der Waals surface area contributed by atoms with Crippen molar-refractivity contribution in [1.29, 1.82) is 0 Å². The normalized spacial score (nSPS) is 11.6. The van der Waals surface area contributed by atoms with Gasteiger partial charge in [-0.3, -0.25) is 0 Å². The highest BCUT2D eigenvalue weighted by molar-refractivity contribution is 9.10. The summed E-state index contributed by atoms with van der Waals surface area (Å²) in [6.07, 6.45) is -4.23. The maximum atomic E-state index is 12.9. The average molecular weight is 316 g/mol. The fourth-order valence-corrected chi connectivity index (χ4v) is 1.53. The molecule has 0 unspecified atom stereocenters. The molecule has 0 saturated heterocycles. The summed E-state index contributed by atoms with van der Waals surface area (Å²) >= 11 is 3.08. The Labute approximate surface area is 104 Å². The topological polar surface area (TPSA) is 21.3 Å². The van der Waals surface area contributed by atoms with Crippen molar-refractivity contribution in [3.8, 4) is 5.75 Å². The summed E-state index contributed by atoms with van der Waals surface area (Å²) in [6.45, 7) is -0.997. The number of hydrogen-bond acceptors (Lipinski definition) is 2. The Balaban J connectivity index is 2.27. The largest absolute Gasteiger partial charge is 0.492 e. The SMILES string of the molecule is Fc1cc(Br)cc(OCCNCC(F)(F)F)c1. The lowest BCUT2D eigenvalue weighted by molar-refractivity contribution is -0.124. The second kappa shape index (κ2) is 6.20. The van der Waals surface area contributed by atoms with Gasteiger partial charge < -0.3 is 10.1 Å². The molecule has 0 aromatic heterocycles. The summed E-state index contributed by atoms with van der Waals surface area (Å²) in [5.41, 5.74) is 0. The van der Waals surface area contributed by atoms with E-state index in [4.69, 9.17) is 4.74 Å². The van der Waals surface area contributed by atoms with Crippen LogP contribution >= 0.6 is 15.9 Å². The van der Waals surface area contributed by atoms with Gasteiger partial charge >= 0.3 is 6.18 Å². The van der Waals surface area contributed by atoms with Crippen LogP contribution in [0.5, 0.6) is 5.75 Å². The van der Waals surface area contributed by atoms with Gasteiger partial charge in [0.1, 0.15) is 18.2 Å². The molecule has 7 heteroatoms. The summed E-state index contributed by atoms with van der Waals surface area (Å²) in [7, 11) is 0. The van der Waals surface area contributed by atoms with Crippen molar-refractivity contribution in [2.45, 2.75) is 6.18 Å². The number of halogens is 5. The third-order valence-corrected chi connectivity index (χ3v) is 2.17. The Hall–Kier alpha value is -0.820. The van der Waals surface area contributed by atoms with Crippen LogP contribution in [0.2, 0.25) is 0 Å². The van der Waals surface area contributed by atoms with E-state index in [0.29, 0.717) is 4.47 Å². The fourth-order valence-electron chi connectivity index (χ4n) is 1.08. The van der Waals surface area contributed by atoms with E-state index >= 15 is 0 Å². The summed E-state index contributed by atoms with van der Waals surface area (Å²) in [4.78, 5) is 0. The Kier molecular flexibility index (Phi) is 5.20. The predicted molar refractivity (Wildman–Crippen MR) is 58.5 cm³/mol. The van der Waals surface area contributed by atoms with E-state index in [1.165, 1.54) is 12.1 Å². The van der Waals surface area contributed by atoms with Gasteiger partial charge in [0.25, 0.3) is 0 Å². The van der Waals surface area contributed by atoms with E-state index in [9.17, 15) is 17.6 Å². The van der Waals surface area contributed by atoms with Gasteiger partial charge in [-0.15, -0.1) is 0 Å². The van der Waals surface area contributed by atoms with Crippen LogP contribution in [-0.4, -0.2) is 25.9 Å². The third kappa shape index (κ3) is 6.48. The molecular weight excluding hydrogens is 306 g/mol. The second-order valence-electron chi connectivity index (χ2n) is 3.25. The fraction of sp³-hybridized carbons (Fsp3) is 0.400. The van der Waals surface area contributed by atoms with Crippen molar-refractivity contribution in [3.05, 3.63) is 28.5 Å². The zero-order chi connectivity index (χ0) is 12.9. The summed E-state index contributed by atoms with van der Waals surface area (Å²) in [5, 5.41) is 2.17. The van der Waals surface area contributed by atoms with Crippen LogP contribution in [0.1, 0.15) is 0 Å². The molecule has 0 aliphatic carbocycles. The van der Waals surface area contributed by atoms with Crippen molar-refractivity contribution < 1.29 is 22.3 Å². The van der Waals surface area contributed by atoms with Crippen LogP contribution in [-0.2, 0) is 0 Å². The molecule has 0 aliphatic rings. The van der Waals surface area contributed by atoms with Crippen LogP contribution in [0.15, 0.2) is 22.7 Å². The van der Waals surface area contributed by atoms with E-state index in [1.807, 2.05) is 0 Å². The van der Waals surface area contributed by atoms with Crippen molar-refractivity contribution in [2.24, 2.45) is 0 Å². The van der Waals surface area contributed by atoms with Gasteiger partial charge in [-0.05, 0) is 12.1 Å². The smallest absolute Gasteiger partial charge is 0.401 e. The third-order valence-electron chi connectivity index (χ3n) is 1.71. The van der Waals surface area contributed by atoms with Gasteiger partial charge in [-0.2, -0.15) is 13.2 Å². The minimum Gasteiger partial charge on any atom is -0.492 e. The van der Waals surface area contributed by atoms with Crippen LogP contribution < -0.4 is 10.1 Å². The first-order valence-electron chi connectivity index (χ1n) is 4.73. The Morgan fingerprint density at radius 3 is 2.53 bits per heavy atom. The van der Waals surface area contributed by atoms with Gasteiger partial charge in [-0.25, -0.2) is 4.39 Å². The van der Waals surface area contributed by atoms with Crippen molar-refractivity contribution in [3.63, 3.8) is 0 Å². The highest BCUT2D eigenvalue weighted by Crippen LogP contribution is 2.20. The van der Waals surface area contributed by atoms with E-state index in [0.717, 1.165) is 6.07 Å². The van der Waals surface area contributed by atoms with Crippen LogP contribution in [0, 0.1) is 5.82 Å². The number of benzene rings is 1. The molecule has 1 aromatic carbocycles. The van der Waals surface area contributed by atoms with E-state index < -0.39 is 18.5 Å². The maximum Gasteiger partial charge on any atom is 0.401 e. The van der Waals surface area contributed by atoms with Crippen LogP contribution in [0.25, 0.3) is 0 Å². The Morgan fingerprint density at radius 2 is 1.94 bits per heavy atom. The number of ether oxygens (including phenoxy) is 1. The lowest BCUT2D eigenvalue weighted by Gasteiger charge is -2.09. The maximum absolute atomic E-state index is 12.9. The van der Waals surface area contributed by atoms with Gasteiger partial charge in [0.2, 0.25) is 0 Å². The van der Waals surface area contributed by atoms with Gasteiger partial charge in [0.15, 0.2) is 0 Å². The van der Waals surface area contributed by atoms with Gasteiger partial charge in [0.05, 0.1) is 6.54 Å². The molecule has 0 radical (unpaired) electrons. The van der Waals surface area contributed by atoms with Crippen molar-refractivity contribution in [2.75, 3.05) is 19.7 Å². The van der Waals surface area contributed by atoms with Gasteiger partial charge in [0, 0.05) is 17.1 Å². The molecule has 1 N–H and O–H groups in total.